The van der Waals surface area contributed by atoms with Gasteiger partial charge < -0.3 is 10.1 Å². The van der Waals surface area contributed by atoms with E-state index in [0.717, 1.165) is 17.9 Å². The zero-order chi connectivity index (χ0) is 17.5. The fourth-order valence-electron chi connectivity index (χ4n) is 2.28. The number of rotatable bonds is 8. The number of nitrogens with zero attached hydrogens (tertiary/aromatic N) is 3. The van der Waals surface area contributed by atoms with Crippen molar-refractivity contribution in [2.45, 2.75) is 11.6 Å². The van der Waals surface area contributed by atoms with Gasteiger partial charge >= 0.3 is 0 Å². The number of methoxy groups -OCH3 is 1. The molecule has 6 nitrogen and oxygen atoms in total. The summed E-state index contributed by atoms with van der Waals surface area (Å²) in [5.74, 6) is 0.999. The molecule has 0 radical (unpaired) electrons. The SMILES string of the molecule is COc1ccccc1-n1cnnc1SCC(=O)NCCc1cccs1. The molecule has 2 heterocycles. The molecule has 0 saturated heterocycles. The molecule has 1 aromatic carbocycles. The van der Waals surface area contributed by atoms with Crippen LogP contribution in [-0.2, 0) is 11.2 Å². The Hall–Kier alpha value is -2.32. The number of carbonyl (C=O) groups is 1. The number of para-hydroxylation sites is 2. The Morgan fingerprint density at radius 2 is 2.20 bits per heavy atom. The highest BCUT2D eigenvalue weighted by Gasteiger charge is 2.12. The fraction of sp³-hybridized carbons (Fsp3) is 0.235. The molecule has 8 heteroatoms. The van der Waals surface area contributed by atoms with Crippen LogP contribution in [0.2, 0.25) is 0 Å². The first kappa shape index (κ1) is 17.5. The number of carbonyl (C=O) groups excluding carboxylic acids is 1. The molecule has 0 aliphatic heterocycles. The maximum absolute atomic E-state index is 12.0. The monoisotopic (exact) mass is 374 g/mol. The topological polar surface area (TPSA) is 69.0 Å². The molecule has 0 unspecified atom stereocenters. The molecule has 0 spiro atoms. The van der Waals surface area contributed by atoms with Crippen molar-refractivity contribution in [2.24, 2.45) is 0 Å². The lowest BCUT2D eigenvalue weighted by atomic mass is 10.3. The fourth-order valence-corrected chi connectivity index (χ4v) is 3.74. The Bertz CT molecular complexity index is 818. The van der Waals surface area contributed by atoms with Gasteiger partial charge in [-0.3, -0.25) is 9.36 Å². The molecule has 0 saturated carbocycles. The van der Waals surface area contributed by atoms with E-state index in [1.165, 1.54) is 16.6 Å². The number of aromatic nitrogens is 3. The second-order valence-corrected chi connectivity index (χ2v) is 7.10. The molecule has 25 heavy (non-hydrogen) atoms. The Kier molecular flexibility index (Phi) is 6.08. The molecular weight excluding hydrogens is 356 g/mol. The van der Waals surface area contributed by atoms with E-state index in [4.69, 9.17) is 4.74 Å². The average molecular weight is 374 g/mol. The van der Waals surface area contributed by atoms with Gasteiger partial charge in [-0.25, -0.2) is 0 Å². The predicted molar refractivity (Wildman–Crippen MR) is 99.7 cm³/mol. The summed E-state index contributed by atoms with van der Waals surface area (Å²) >= 11 is 3.05. The minimum atomic E-state index is -0.0175. The van der Waals surface area contributed by atoms with Crippen LogP contribution < -0.4 is 10.1 Å². The van der Waals surface area contributed by atoms with Gasteiger partial charge in [-0.2, -0.15) is 0 Å². The molecule has 2 aromatic heterocycles. The second kappa shape index (κ2) is 8.68. The van der Waals surface area contributed by atoms with E-state index in [2.05, 4.69) is 21.6 Å². The smallest absolute Gasteiger partial charge is 0.230 e. The largest absolute Gasteiger partial charge is 0.495 e. The third kappa shape index (κ3) is 4.61. The van der Waals surface area contributed by atoms with Crippen molar-refractivity contribution in [2.75, 3.05) is 19.4 Å². The molecule has 0 aliphatic carbocycles. The van der Waals surface area contributed by atoms with Gasteiger partial charge in [0.05, 0.1) is 18.6 Å². The third-order valence-corrected chi connectivity index (χ3v) is 5.35. The van der Waals surface area contributed by atoms with Crippen LogP contribution in [0.4, 0.5) is 0 Å². The lowest BCUT2D eigenvalue weighted by Gasteiger charge is -2.10. The number of thioether (sulfide) groups is 1. The molecule has 0 aliphatic rings. The van der Waals surface area contributed by atoms with E-state index < -0.39 is 0 Å². The molecule has 130 valence electrons. The summed E-state index contributed by atoms with van der Waals surface area (Å²) in [6.45, 7) is 0.638. The number of nitrogens with one attached hydrogen (secondary N) is 1. The lowest BCUT2D eigenvalue weighted by Crippen LogP contribution is -2.27. The van der Waals surface area contributed by atoms with Gasteiger partial charge in [0, 0.05) is 11.4 Å². The van der Waals surface area contributed by atoms with E-state index in [1.807, 2.05) is 40.3 Å². The Labute approximate surface area is 154 Å². The van der Waals surface area contributed by atoms with Gasteiger partial charge in [-0.05, 0) is 30.0 Å². The molecule has 0 bridgehead atoms. The van der Waals surface area contributed by atoms with Crippen molar-refractivity contribution in [1.29, 1.82) is 0 Å². The van der Waals surface area contributed by atoms with Crippen molar-refractivity contribution < 1.29 is 9.53 Å². The van der Waals surface area contributed by atoms with Gasteiger partial charge in [0.1, 0.15) is 12.1 Å². The Morgan fingerprint density at radius 1 is 1.32 bits per heavy atom. The maximum Gasteiger partial charge on any atom is 0.230 e. The first-order chi connectivity index (χ1) is 12.3. The quantitative estimate of drug-likeness (QED) is 0.614. The number of amides is 1. The highest BCUT2D eigenvalue weighted by molar-refractivity contribution is 7.99. The van der Waals surface area contributed by atoms with Crippen LogP contribution in [0.15, 0.2) is 53.3 Å². The number of thiophene rings is 1. The minimum Gasteiger partial charge on any atom is -0.495 e. The first-order valence-corrected chi connectivity index (χ1v) is 9.59. The van der Waals surface area contributed by atoms with E-state index in [1.54, 1.807) is 24.8 Å². The number of hydrogen-bond acceptors (Lipinski definition) is 6. The highest BCUT2D eigenvalue weighted by atomic mass is 32.2. The van der Waals surface area contributed by atoms with Crippen LogP contribution in [0, 0.1) is 0 Å². The van der Waals surface area contributed by atoms with Crippen molar-refractivity contribution >= 4 is 29.0 Å². The zero-order valence-corrected chi connectivity index (χ0v) is 15.3. The van der Waals surface area contributed by atoms with E-state index in [9.17, 15) is 4.79 Å². The molecule has 3 rings (SSSR count). The van der Waals surface area contributed by atoms with Crippen molar-refractivity contribution in [3.8, 4) is 11.4 Å². The van der Waals surface area contributed by atoms with Crippen LogP contribution in [0.1, 0.15) is 4.88 Å². The summed E-state index contributed by atoms with van der Waals surface area (Å²) in [6.07, 6.45) is 2.47. The van der Waals surface area contributed by atoms with Gasteiger partial charge in [0.25, 0.3) is 0 Å². The number of ether oxygens (including phenoxy) is 1. The summed E-state index contributed by atoms with van der Waals surface area (Å²) in [5.41, 5.74) is 0.843. The minimum absolute atomic E-state index is 0.0175. The number of benzene rings is 1. The summed E-state index contributed by atoms with van der Waals surface area (Å²) in [4.78, 5) is 13.3. The molecule has 1 N–H and O–H groups in total. The molecule has 0 fully saturated rings. The summed E-state index contributed by atoms with van der Waals surface area (Å²) in [7, 11) is 1.62. The van der Waals surface area contributed by atoms with Crippen LogP contribution in [0.25, 0.3) is 5.69 Å². The molecular formula is C17H18N4O2S2. The second-order valence-electron chi connectivity index (χ2n) is 5.12. The molecule has 0 atom stereocenters. The maximum atomic E-state index is 12.0. The van der Waals surface area contributed by atoms with Crippen LogP contribution >= 0.6 is 23.1 Å². The van der Waals surface area contributed by atoms with Gasteiger partial charge in [0.2, 0.25) is 5.91 Å². The summed E-state index contributed by atoms with van der Waals surface area (Å²) in [5, 5.41) is 13.7. The number of hydrogen-bond donors (Lipinski definition) is 1. The highest BCUT2D eigenvalue weighted by Crippen LogP contribution is 2.26. The lowest BCUT2D eigenvalue weighted by molar-refractivity contribution is -0.118. The molecule has 1 amide bonds. The summed E-state index contributed by atoms with van der Waals surface area (Å²) in [6, 6.07) is 11.7. The normalized spacial score (nSPS) is 10.6. The van der Waals surface area contributed by atoms with E-state index >= 15 is 0 Å². The van der Waals surface area contributed by atoms with Crippen molar-refractivity contribution in [3.05, 3.63) is 53.0 Å². The Balaban J connectivity index is 1.55. The van der Waals surface area contributed by atoms with E-state index in [0.29, 0.717) is 11.7 Å². The zero-order valence-electron chi connectivity index (χ0n) is 13.7. The van der Waals surface area contributed by atoms with Gasteiger partial charge in [-0.15, -0.1) is 21.5 Å². The van der Waals surface area contributed by atoms with Crippen LogP contribution in [-0.4, -0.2) is 40.1 Å². The van der Waals surface area contributed by atoms with E-state index in [-0.39, 0.29) is 11.7 Å². The van der Waals surface area contributed by atoms with Gasteiger partial charge in [-0.1, -0.05) is 30.0 Å². The van der Waals surface area contributed by atoms with Crippen molar-refractivity contribution in [3.63, 3.8) is 0 Å². The average Bonchev–Trinajstić information content (AvgIpc) is 3.31. The Morgan fingerprint density at radius 3 is 3.00 bits per heavy atom. The molecule has 3 aromatic rings. The standard InChI is InChI=1S/C17H18N4O2S2/c1-23-15-7-3-2-6-14(15)21-12-19-20-17(21)25-11-16(22)18-9-8-13-5-4-10-24-13/h2-7,10,12H,8-9,11H2,1H3,(H,18,22). The van der Waals surface area contributed by atoms with Crippen LogP contribution in [0.5, 0.6) is 5.75 Å². The predicted octanol–water partition coefficient (Wildman–Crippen LogP) is 2.79. The van der Waals surface area contributed by atoms with Crippen molar-refractivity contribution in [1.82, 2.24) is 20.1 Å². The first-order valence-electron chi connectivity index (χ1n) is 7.73. The summed E-state index contributed by atoms with van der Waals surface area (Å²) < 4.78 is 7.20. The third-order valence-electron chi connectivity index (χ3n) is 3.47. The van der Waals surface area contributed by atoms with Gasteiger partial charge in [0.15, 0.2) is 5.16 Å². The van der Waals surface area contributed by atoms with Crippen LogP contribution in [0.3, 0.4) is 0 Å².